The lowest BCUT2D eigenvalue weighted by Gasteiger charge is -2.07. The Morgan fingerprint density at radius 3 is 2.77 bits per heavy atom. The second kappa shape index (κ2) is 6.93. The molecule has 0 saturated heterocycles. The monoisotopic (exact) mass is 384 g/mol. The predicted molar refractivity (Wildman–Crippen MR) is 101 cm³/mol. The van der Waals surface area contributed by atoms with Gasteiger partial charge in [0.2, 0.25) is 5.16 Å². The van der Waals surface area contributed by atoms with Gasteiger partial charge < -0.3 is 4.42 Å². The Balaban J connectivity index is 1.65. The number of hydrogen-bond donors (Lipinski definition) is 0. The molecule has 2 heterocycles. The summed E-state index contributed by atoms with van der Waals surface area (Å²) < 4.78 is 6.94. The minimum atomic E-state index is -0.365. The van der Waals surface area contributed by atoms with Gasteiger partial charge in [-0.2, -0.15) is 4.68 Å². The van der Waals surface area contributed by atoms with Crippen LogP contribution in [0.4, 0.5) is 0 Å². The van der Waals surface area contributed by atoms with E-state index in [0.29, 0.717) is 21.5 Å². The highest BCUT2D eigenvalue weighted by Gasteiger charge is 2.12. The molecule has 0 atom stereocenters. The van der Waals surface area contributed by atoms with Crippen molar-refractivity contribution in [3.63, 3.8) is 0 Å². The minimum absolute atomic E-state index is 0.365. The van der Waals surface area contributed by atoms with Gasteiger partial charge in [-0.3, -0.25) is 0 Å². The highest BCUT2D eigenvalue weighted by molar-refractivity contribution is 7.98. The van der Waals surface area contributed by atoms with Crippen molar-refractivity contribution in [3.05, 3.63) is 75.1 Å². The quantitative estimate of drug-likeness (QED) is 0.391. The van der Waals surface area contributed by atoms with E-state index >= 15 is 0 Å². The summed E-state index contributed by atoms with van der Waals surface area (Å²) in [6.45, 7) is 1.96. The maximum Gasteiger partial charge on any atom is 0.336 e. The van der Waals surface area contributed by atoms with Gasteiger partial charge in [-0.1, -0.05) is 35.5 Å². The molecule has 130 valence electrons. The third kappa shape index (κ3) is 3.36. The first-order valence-corrected chi connectivity index (χ1v) is 9.17. The highest BCUT2D eigenvalue weighted by Crippen LogP contribution is 2.27. The lowest BCUT2D eigenvalue weighted by Crippen LogP contribution is -2.01. The molecule has 0 saturated carbocycles. The van der Waals surface area contributed by atoms with Crippen molar-refractivity contribution in [2.75, 3.05) is 0 Å². The summed E-state index contributed by atoms with van der Waals surface area (Å²) in [5.41, 5.74) is 2.96. The number of halogens is 1. The van der Waals surface area contributed by atoms with Gasteiger partial charge in [0, 0.05) is 22.2 Å². The summed E-state index contributed by atoms with van der Waals surface area (Å²) in [6.07, 6.45) is 0. The molecule has 0 radical (unpaired) electrons. The van der Waals surface area contributed by atoms with E-state index in [1.807, 2.05) is 37.3 Å². The first kappa shape index (κ1) is 16.8. The van der Waals surface area contributed by atoms with Crippen LogP contribution in [-0.2, 0) is 5.75 Å². The maximum absolute atomic E-state index is 11.9. The van der Waals surface area contributed by atoms with E-state index in [0.717, 1.165) is 22.2 Å². The fourth-order valence-electron chi connectivity index (χ4n) is 2.61. The SMILES string of the molecule is Cc1ccc2c(CSc3nnnn3-c3ccc(Cl)cc3)cc(=O)oc2c1. The molecule has 2 aromatic carbocycles. The van der Waals surface area contributed by atoms with Gasteiger partial charge in [0.05, 0.1) is 5.69 Å². The van der Waals surface area contributed by atoms with Crippen LogP contribution >= 0.6 is 23.4 Å². The van der Waals surface area contributed by atoms with Crippen LogP contribution in [-0.4, -0.2) is 20.2 Å². The lowest BCUT2D eigenvalue weighted by atomic mass is 10.1. The number of aromatic nitrogens is 4. The average molecular weight is 385 g/mol. The highest BCUT2D eigenvalue weighted by atomic mass is 35.5. The van der Waals surface area contributed by atoms with Crippen LogP contribution in [0.3, 0.4) is 0 Å². The van der Waals surface area contributed by atoms with Crippen LogP contribution in [0.15, 0.2) is 62.9 Å². The summed E-state index contributed by atoms with van der Waals surface area (Å²) >= 11 is 7.38. The zero-order chi connectivity index (χ0) is 18.1. The Kier molecular flexibility index (Phi) is 4.48. The van der Waals surface area contributed by atoms with Crippen LogP contribution in [0.2, 0.25) is 5.02 Å². The second-order valence-corrected chi connectivity index (χ2v) is 7.11. The molecule has 26 heavy (non-hydrogen) atoms. The average Bonchev–Trinajstić information content (AvgIpc) is 3.08. The van der Waals surface area contributed by atoms with E-state index in [2.05, 4.69) is 15.5 Å². The molecule has 0 N–H and O–H groups in total. The summed E-state index contributed by atoms with van der Waals surface area (Å²) in [5, 5.41) is 14.0. The zero-order valence-electron chi connectivity index (χ0n) is 13.7. The van der Waals surface area contributed by atoms with E-state index in [4.69, 9.17) is 16.0 Å². The predicted octanol–water partition coefficient (Wildman–Crippen LogP) is 4.02. The molecular formula is C18H13ClN4O2S. The number of aryl methyl sites for hydroxylation is 1. The zero-order valence-corrected chi connectivity index (χ0v) is 15.3. The molecule has 4 aromatic rings. The Morgan fingerprint density at radius 1 is 1.15 bits per heavy atom. The van der Waals surface area contributed by atoms with Crippen LogP contribution in [0.1, 0.15) is 11.1 Å². The van der Waals surface area contributed by atoms with E-state index in [1.165, 1.54) is 17.8 Å². The van der Waals surface area contributed by atoms with Gasteiger partial charge in [0.15, 0.2) is 0 Å². The summed E-state index contributed by atoms with van der Waals surface area (Å²) in [7, 11) is 0. The Labute approximate surface area is 157 Å². The first-order valence-electron chi connectivity index (χ1n) is 7.81. The topological polar surface area (TPSA) is 73.8 Å². The van der Waals surface area contributed by atoms with Gasteiger partial charge >= 0.3 is 5.63 Å². The van der Waals surface area contributed by atoms with E-state index in [1.54, 1.807) is 16.8 Å². The van der Waals surface area contributed by atoms with Gasteiger partial charge in [-0.05, 0) is 58.8 Å². The maximum atomic E-state index is 11.9. The van der Waals surface area contributed by atoms with Crippen molar-refractivity contribution >= 4 is 34.3 Å². The molecule has 0 spiro atoms. The molecule has 0 bridgehead atoms. The van der Waals surface area contributed by atoms with Crippen molar-refractivity contribution in [1.82, 2.24) is 20.2 Å². The molecule has 0 unspecified atom stereocenters. The molecule has 0 fully saturated rings. The van der Waals surface area contributed by atoms with Gasteiger partial charge in [0.25, 0.3) is 0 Å². The fourth-order valence-corrected chi connectivity index (χ4v) is 3.62. The molecule has 0 aliphatic carbocycles. The number of benzene rings is 2. The molecule has 2 aromatic heterocycles. The van der Waals surface area contributed by atoms with Crippen LogP contribution in [0, 0.1) is 6.92 Å². The van der Waals surface area contributed by atoms with Crippen molar-refractivity contribution in [2.24, 2.45) is 0 Å². The Hall–Kier alpha value is -2.64. The van der Waals surface area contributed by atoms with E-state index < -0.39 is 0 Å². The van der Waals surface area contributed by atoms with Crippen LogP contribution < -0.4 is 5.63 Å². The minimum Gasteiger partial charge on any atom is -0.423 e. The number of tetrazole rings is 1. The molecule has 6 nitrogen and oxygen atoms in total. The normalized spacial score (nSPS) is 11.2. The third-order valence-electron chi connectivity index (χ3n) is 3.85. The number of rotatable bonds is 4. The van der Waals surface area contributed by atoms with Crippen LogP contribution in [0.25, 0.3) is 16.7 Å². The van der Waals surface area contributed by atoms with Crippen molar-refractivity contribution < 1.29 is 4.42 Å². The number of nitrogens with zero attached hydrogens (tertiary/aromatic N) is 4. The van der Waals surface area contributed by atoms with Gasteiger partial charge in [0.1, 0.15) is 5.58 Å². The van der Waals surface area contributed by atoms with E-state index in [-0.39, 0.29) is 5.63 Å². The van der Waals surface area contributed by atoms with Gasteiger partial charge in [-0.25, -0.2) is 4.79 Å². The third-order valence-corrected chi connectivity index (χ3v) is 5.07. The second-order valence-electron chi connectivity index (χ2n) is 5.73. The van der Waals surface area contributed by atoms with E-state index in [9.17, 15) is 4.79 Å². The van der Waals surface area contributed by atoms with Gasteiger partial charge in [-0.15, -0.1) is 5.10 Å². The molecule has 0 amide bonds. The summed E-state index contributed by atoms with van der Waals surface area (Å²) in [6, 6.07) is 14.6. The van der Waals surface area contributed by atoms with Crippen molar-refractivity contribution in [1.29, 1.82) is 0 Å². The lowest BCUT2D eigenvalue weighted by molar-refractivity contribution is 0.559. The Morgan fingerprint density at radius 2 is 1.96 bits per heavy atom. The molecule has 8 heteroatoms. The van der Waals surface area contributed by atoms with Crippen LogP contribution in [0.5, 0.6) is 0 Å². The summed E-state index contributed by atoms with van der Waals surface area (Å²) in [5.74, 6) is 0.541. The molecule has 0 aliphatic heterocycles. The molecule has 4 rings (SSSR count). The molecular weight excluding hydrogens is 372 g/mol. The number of hydrogen-bond acceptors (Lipinski definition) is 6. The summed E-state index contributed by atoms with van der Waals surface area (Å²) in [4.78, 5) is 11.9. The molecule has 0 aliphatic rings. The fraction of sp³-hybridized carbons (Fsp3) is 0.111. The largest absolute Gasteiger partial charge is 0.423 e. The standard InChI is InChI=1S/C18H13ClN4O2S/c1-11-2-7-15-12(9-17(24)25-16(15)8-11)10-26-18-20-21-22-23(18)14-5-3-13(19)4-6-14/h2-9H,10H2,1H3. The number of fused-ring (bicyclic) bond motifs is 1. The Bertz CT molecular complexity index is 1140. The smallest absolute Gasteiger partial charge is 0.336 e. The van der Waals surface area contributed by atoms with Crippen molar-refractivity contribution in [3.8, 4) is 5.69 Å². The van der Waals surface area contributed by atoms with Crippen molar-refractivity contribution in [2.45, 2.75) is 17.8 Å². The first-order chi connectivity index (χ1) is 12.6. The number of thioether (sulfide) groups is 1.